The SMILES string of the molecule is CCCCCCC/C=C\C/C=C\C/C=C\CCCCCCCCCCCCC(=O)OCC(COC(=O)CCCCCCCCCC)OC(=O)CCCCCCCCCCCCCCCCC. The second-order valence-electron chi connectivity index (χ2n) is 19.6. The van der Waals surface area contributed by atoms with E-state index in [1.54, 1.807) is 0 Å². The van der Waals surface area contributed by atoms with Crippen molar-refractivity contribution in [1.82, 2.24) is 0 Å². The quantitative estimate of drug-likeness (QED) is 0.0262. The van der Waals surface area contributed by atoms with Gasteiger partial charge in [0.2, 0.25) is 0 Å². The lowest BCUT2D eigenvalue weighted by atomic mass is 10.0. The van der Waals surface area contributed by atoms with Gasteiger partial charge in [-0.05, 0) is 57.8 Å². The van der Waals surface area contributed by atoms with Crippen LogP contribution in [0.3, 0.4) is 0 Å². The molecule has 0 heterocycles. The summed E-state index contributed by atoms with van der Waals surface area (Å²) in [5.74, 6) is -0.861. The maximum atomic E-state index is 12.8. The fraction of sp³-hybridized carbons (Fsp3) is 0.850. The molecule has 6 nitrogen and oxygen atoms in total. The molecule has 0 N–H and O–H groups in total. The molecule has 0 fully saturated rings. The van der Waals surface area contributed by atoms with E-state index in [4.69, 9.17) is 14.2 Å². The molecule has 6 heteroatoms. The zero-order valence-electron chi connectivity index (χ0n) is 44.2. The highest BCUT2D eigenvalue weighted by atomic mass is 16.6. The monoisotopic (exact) mass is 927 g/mol. The van der Waals surface area contributed by atoms with Gasteiger partial charge in [-0.1, -0.05) is 269 Å². The Morgan fingerprint density at radius 3 is 0.848 bits per heavy atom. The van der Waals surface area contributed by atoms with Crippen molar-refractivity contribution in [3.8, 4) is 0 Å². The van der Waals surface area contributed by atoms with E-state index in [0.29, 0.717) is 19.3 Å². The van der Waals surface area contributed by atoms with Gasteiger partial charge < -0.3 is 14.2 Å². The third-order valence-corrected chi connectivity index (χ3v) is 12.9. The number of hydrogen-bond acceptors (Lipinski definition) is 6. The Balaban J connectivity index is 4.16. The lowest BCUT2D eigenvalue weighted by Crippen LogP contribution is -2.30. The molecule has 66 heavy (non-hydrogen) atoms. The summed E-state index contributed by atoms with van der Waals surface area (Å²) in [4.78, 5) is 38.0. The van der Waals surface area contributed by atoms with E-state index in [0.717, 1.165) is 70.6 Å². The van der Waals surface area contributed by atoms with Gasteiger partial charge in [0.25, 0.3) is 0 Å². The Hall–Kier alpha value is -2.37. The van der Waals surface area contributed by atoms with Crippen LogP contribution in [-0.2, 0) is 28.6 Å². The molecule has 0 aliphatic heterocycles. The third-order valence-electron chi connectivity index (χ3n) is 12.9. The first kappa shape index (κ1) is 63.6. The van der Waals surface area contributed by atoms with Crippen LogP contribution >= 0.6 is 0 Å². The second-order valence-corrected chi connectivity index (χ2v) is 19.6. The Labute approximate surface area is 410 Å². The van der Waals surface area contributed by atoms with E-state index in [9.17, 15) is 14.4 Å². The molecular formula is C60H110O6. The fourth-order valence-electron chi connectivity index (χ4n) is 8.51. The van der Waals surface area contributed by atoms with E-state index in [1.807, 2.05) is 0 Å². The van der Waals surface area contributed by atoms with Crippen LogP contribution in [0.5, 0.6) is 0 Å². The summed E-state index contributed by atoms with van der Waals surface area (Å²) in [5, 5.41) is 0. The Bertz CT molecular complexity index is 1110. The third kappa shape index (κ3) is 52.6. The summed E-state index contributed by atoms with van der Waals surface area (Å²) >= 11 is 0. The van der Waals surface area contributed by atoms with Gasteiger partial charge in [-0.2, -0.15) is 0 Å². The molecule has 0 aliphatic rings. The van der Waals surface area contributed by atoms with Gasteiger partial charge in [0.15, 0.2) is 6.10 Å². The highest BCUT2D eigenvalue weighted by molar-refractivity contribution is 5.71. The Morgan fingerprint density at radius 1 is 0.303 bits per heavy atom. The van der Waals surface area contributed by atoms with Crippen LogP contribution in [0.25, 0.3) is 0 Å². The molecule has 0 rings (SSSR count). The minimum absolute atomic E-state index is 0.0690. The minimum Gasteiger partial charge on any atom is -0.462 e. The summed E-state index contributed by atoms with van der Waals surface area (Å²) in [5.41, 5.74) is 0. The lowest BCUT2D eigenvalue weighted by molar-refractivity contribution is -0.167. The van der Waals surface area contributed by atoms with Crippen molar-refractivity contribution in [2.75, 3.05) is 13.2 Å². The molecule has 1 atom stereocenters. The van der Waals surface area contributed by atoms with Gasteiger partial charge in [-0.15, -0.1) is 0 Å². The molecule has 0 radical (unpaired) electrons. The first-order chi connectivity index (χ1) is 32.5. The average molecular weight is 928 g/mol. The van der Waals surface area contributed by atoms with Crippen LogP contribution in [0, 0.1) is 0 Å². The average Bonchev–Trinajstić information content (AvgIpc) is 3.31. The van der Waals surface area contributed by atoms with Crippen LogP contribution in [0.4, 0.5) is 0 Å². The fourth-order valence-corrected chi connectivity index (χ4v) is 8.51. The number of hydrogen-bond donors (Lipinski definition) is 0. The van der Waals surface area contributed by atoms with Crippen molar-refractivity contribution in [1.29, 1.82) is 0 Å². The van der Waals surface area contributed by atoms with E-state index >= 15 is 0 Å². The van der Waals surface area contributed by atoms with Crippen LogP contribution in [0.1, 0.15) is 310 Å². The second kappa shape index (κ2) is 55.2. The molecule has 0 aromatic carbocycles. The van der Waals surface area contributed by atoms with Gasteiger partial charge in [0, 0.05) is 19.3 Å². The minimum atomic E-state index is -0.767. The number of unbranched alkanes of at least 4 members (excludes halogenated alkanes) is 36. The number of rotatable bonds is 53. The zero-order valence-corrected chi connectivity index (χ0v) is 44.2. The molecule has 0 bridgehead atoms. The maximum absolute atomic E-state index is 12.8. The number of allylic oxidation sites excluding steroid dienone is 6. The predicted octanol–water partition coefficient (Wildman–Crippen LogP) is 19.3. The summed E-state index contributed by atoms with van der Waals surface area (Å²) in [6.07, 6.45) is 65.8. The molecule has 1 unspecified atom stereocenters. The number of esters is 3. The zero-order chi connectivity index (χ0) is 47.9. The van der Waals surface area contributed by atoms with Gasteiger partial charge in [-0.3, -0.25) is 14.4 Å². The summed E-state index contributed by atoms with van der Waals surface area (Å²) in [6.45, 7) is 6.63. The summed E-state index contributed by atoms with van der Waals surface area (Å²) in [7, 11) is 0. The lowest BCUT2D eigenvalue weighted by Gasteiger charge is -2.18. The van der Waals surface area contributed by atoms with Crippen molar-refractivity contribution in [2.24, 2.45) is 0 Å². The van der Waals surface area contributed by atoms with Gasteiger partial charge >= 0.3 is 17.9 Å². The highest BCUT2D eigenvalue weighted by Gasteiger charge is 2.19. The largest absolute Gasteiger partial charge is 0.462 e. The molecule has 0 aliphatic carbocycles. The van der Waals surface area contributed by atoms with E-state index in [-0.39, 0.29) is 31.1 Å². The van der Waals surface area contributed by atoms with Crippen molar-refractivity contribution in [2.45, 2.75) is 316 Å². The first-order valence-electron chi connectivity index (χ1n) is 29.0. The predicted molar refractivity (Wildman–Crippen MR) is 284 cm³/mol. The molecule has 0 spiro atoms. The summed E-state index contributed by atoms with van der Waals surface area (Å²) in [6, 6.07) is 0. The normalized spacial score (nSPS) is 12.2. The van der Waals surface area contributed by atoms with Gasteiger partial charge in [-0.25, -0.2) is 0 Å². The van der Waals surface area contributed by atoms with Gasteiger partial charge in [0.05, 0.1) is 0 Å². The van der Waals surface area contributed by atoms with Crippen molar-refractivity contribution in [3.05, 3.63) is 36.5 Å². The van der Waals surface area contributed by atoms with E-state index in [1.165, 1.54) is 199 Å². The van der Waals surface area contributed by atoms with Crippen LogP contribution in [-0.4, -0.2) is 37.2 Å². The summed E-state index contributed by atoms with van der Waals surface area (Å²) < 4.78 is 16.8. The smallest absolute Gasteiger partial charge is 0.306 e. The molecule has 0 saturated carbocycles. The molecule has 0 amide bonds. The maximum Gasteiger partial charge on any atom is 0.306 e. The van der Waals surface area contributed by atoms with Crippen molar-refractivity contribution in [3.63, 3.8) is 0 Å². The standard InChI is InChI=1S/C60H110O6/c1-4-7-10-13-16-19-21-23-25-26-27-28-29-30-31-32-33-34-36-37-39-41-44-47-50-53-59(62)65-56-57(55-64-58(61)52-49-46-43-18-15-12-9-6-3)66-60(63)54-51-48-45-42-40-38-35-24-22-20-17-14-11-8-5-2/h21,23,26-27,29-30,57H,4-20,22,24-25,28,31-56H2,1-3H3/b23-21-,27-26-,30-29-. The van der Waals surface area contributed by atoms with E-state index in [2.05, 4.69) is 57.2 Å². The number of carbonyl (C=O) groups is 3. The molecule has 0 aromatic rings. The van der Waals surface area contributed by atoms with Crippen LogP contribution < -0.4 is 0 Å². The number of ether oxygens (including phenoxy) is 3. The topological polar surface area (TPSA) is 78.9 Å². The van der Waals surface area contributed by atoms with E-state index < -0.39 is 6.10 Å². The first-order valence-corrected chi connectivity index (χ1v) is 29.0. The Morgan fingerprint density at radius 2 is 0.545 bits per heavy atom. The molecule has 386 valence electrons. The number of carbonyl (C=O) groups excluding carboxylic acids is 3. The Kier molecular flexibility index (Phi) is 53.2. The molecular weight excluding hydrogens is 817 g/mol. The van der Waals surface area contributed by atoms with Gasteiger partial charge in [0.1, 0.15) is 13.2 Å². The van der Waals surface area contributed by atoms with Crippen LogP contribution in [0.15, 0.2) is 36.5 Å². The molecule has 0 aromatic heterocycles. The van der Waals surface area contributed by atoms with Crippen molar-refractivity contribution >= 4 is 17.9 Å². The van der Waals surface area contributed by atoms with Crippen LogP contribution in [0.2, 0.25) is 0 Å². The van der Waals surface area contributed by atoms with Crippen molar-refractivity contribution < 1.29 is 28.6 Å². The molecule has 0 saturated heterocycles. The highest BCUT2D eigenvalue weighted by Crippen LogP contribution is 2.16.